The lowest BCUT2D eigenvalue weighted by atomic mass is 10.0. The van der Waals surface area contributed by atoms with E-state index in [0.717, 1.165) is 13.1 Å². The van der Waals surface area contributed by atoms with E-state index < -0.39 is 10.1 Å². The van der Waals surface area contributed by atoms with Crippen molar-refractivity contribution in [3.63, 3.8) is 0 Å². The third-order valence-corrected chi connectivity index (χ3v) is 2.48. The Morgan fingerprint density at radius 3 is 2.40 bits per heavy atom. The first-order valence-electron chi connectivity index (χ1n) is 3.11. The van der Waals surface area contributed by atoms with Gasteiger partial charge in [-0.2, -0.15) is 8.42 Å². The maximum absolute atomic E-state index is 10.3. The van der Waals surface area contributed by atoms with E-state index in [-0.39, 0.29) is 11.7 Å². The zero-order valence-electron chi connectivity index (χ0n) is 5.82. The van der Waals surface area contributed by atoms with Gasteiger partial charge in [-0.15, -0.1) is 0 Å². The molecule has 0 saturated carbocycles. The molecule has 0 aromatic rings. The monoisotopic (exact) mass is 165 g/mol. The molecule has 1 fully saturated rings. The van der Waals surface area contributed by atoms with Gasteiger partial charge in [0.25, 0.3) is 10.1 Å². The van der Waals surface area contributed by atoms with Crippen LogP contribution in [0.3, 0.4) is 0 Å². The van der Waals surface area contributed by atoms with Crippen molar-refractivity contribution in [3.8, 4) is 0 Å². The Morgan fingerprint density at radius 2 is 2.10 bits per heavy atom. The summed E-state index contributed by atoms with van der Waals surface area (Å²) in [7, 11) is -1.82. The zero-order chi connectivity index (χ0) is 7.78. The van der Waals surface area contributed by atoms with Crippen LogP contribution in [0.15, 0.2) is 0 Å². The van der Waals surface area contributed by atoms with Gasteiger partial charge in [0.2, 0.25) is 0 Å². The quantitative estimate of drug-likeness (QED) is 0.557. The van der Waals surface area contributed by atoms with Crippen LogP contribution < -0.4 is 0 Å². The molecule has 1 aliphatic heterocycles. The molecule has 1 heterocycles. The molecule has 1 N–H and O–H groups in total. The second kappa shape index (κ2) is 2.48. The first kappa shape index (κ1) is 7.97. The minimum atomic E-state index is -3.73. The van der Waals surface area contributed by atoms with Crippen molar-refractivity contribution in [2.24, 2.45) is 5.92 Å². The molecule has 0 aliphatic carbocycles. The highest BCUT2D eigenvalue weighted by Crippen LogP contribution is 2.13. The number of hydrogen-bond acceptors (Lipinski definition) is 3. The maximum Gasteiger partial charge on any atom is 0.265 e. The van der Waals surface area contributed by atoms with Crippen molar-refractivity contribution in [1.82, 2.24) is 4.90 Å². The van der Waals surface area contributed by atoms with E-state index >= 15 is 0 Å². The smallest absolute Gasteiger partial charge is 0.265 e. The van der Waals surface area contributed by atoms with E-state index in [4.69, 9.17) is 4.55 Å². The molecule has 0 unspecified atom stereocenters. The fourth-order valence-corrected chi connectivity index (χ4v) is 2.04. The molecular formula is C5H11NO3S. The molecule has 1 rings (SSSR count). The summed E-state index contributed by atoms with van der Waals surface area (Å²) in [6.45, 7) is 1.56. The third kappa shape index (κ3) is 2.24. The average molecular weight is 165 g/mol. The summed E-state index contributed by atoms with van der Waals surface area (Å²) in [6, 6.07) is 0. The van der Waals surface area contributed by atoms with Crippen molar-refractivity contribution < 1.29 is 13.0 Å². The second-order valence-electron chi connectivity index (χ2n) is 2.84. The van der Waals surface area contributed by atoms with Crippen molar-refractivity contribution in [2.45, 2.75) is 0 Å². The molecule has 0 bridgehead atoms. The van der Waals surface area contributed by atoms with Gasteiger partial charge >= 0.3 is 0 Å². The molecule has 0 aromatic heterocycles. The van der Waals surface area contributed by atoms with Crippen molar-refractivity contribution in [3.05, 3.63) is 0 Å². The lowest BCUT2D eigenvalue weighted by Crippen LogP contribution is -2.46. The Hall–Kier alpha value is -0.130. The topological polar surface area (TPSA) is 57.6 Å². The minimum Gasteiger partial charge on any atom is -0.306 e. The molecule has 5 heteroatoms. The van der Waals surface area contributed by atoms with Crippen molar-refractivity contribution >= 4 is 10.1 Å². The van der Waals surface area contributed by atoms with Crippen LogP contribution in [0.5, 0.6) is 0 Å². The fraction of sp³-hybridized carbons (Fsp3) is 1.00. The zero-order valence-corrected chi connectivity index (χ0v) is 6.63. The minimum absolute atomic E-state index is 0.0860. The van der Waals surface area contributed by atoms with Gasteiger partial charge in [0, 0.05) is 19.0 Å². The van der Waals surface area contributed by atoms with E-state index in [9.17, 15) is 8.42 Å². The highest BCUT2D eigenvalue weighted by atomic mass is 32.2. The van der Waals surface area contributed by atoms with Gasteiger partial charge in [-0.25, -0.2) is 0 Å². The predicted octanol–water partition coefficient (Wildman–Crippen LogP) is -0.564. The van der Waals surface area contributed by atoms with Gasteiger partial charge in [-0.05, 0) is 7.05 Å². The van der Waals surface area contributed by atoms with Crippen LogP contribution in [-0.4, -0.2) is 43.8 Å². The molecule has 10 heavy (non-hydrogen) atoms. The van der Waals surface area contributed by atoms with Gasteiger partial charge in [0.1, 0.15) is 0 Å². The summed E-state index contributed by atoms with van der Waals surface area (Å²) in [6.07, 6.45) is 0. The lowest BCUT2D eigenvalue weighted by molar-refractivity contribution is 0.150. The van der Waals surface area contributed by atoms with Crippen LogP contribution in [0, 0.1) is 5.92 Å². The molecule has 4 nitrogen and oxygen atoms in total. The Balaban J connectivity index is 2.30. The number of rotatable bonds is 2. The Morgan fingerprint density at radius 1 is 1.60 bits per heavy atom. The Kier molecular flexibility index (Phi) is 1.98. The molecular weight excluding hydrogens is 154 g/mol. The van der Waals surface area contributed by atoms with E-state index in [1.54, 1.807) is 0 Å². The molecule has 1 aliphatic rings. The Bertz CT molecular complexity index is 205. The van der Waals surface area contributed by atoms with Gasteiger partial charge in [0.05, 0.1) is 5.75 Å². The van der Waals surface area contributed by atoms with Crippen LogP contribution in [0.1, 0.15) is 0 Å². The number of hydrogen-bond donors (Lipinski definition) is 1. The predicted molar refractivity (Wildman–Crippen MR) is 37.4 cm³/mol. The summed E-state index contributed by atoms with van der Waals surface area (Å²) in [5.41, 5.74) is 0. The first-order chi connectivity index (χ1) is 4.47. The molecule has 0 amide bonds. The van der Waals surface area contributed by atoms with Crippen molar-refractivity contribution in [1.29, 1.82) is 0 Å². The number of likely N-dealkylation sites (tertiary alicyclic amines) is 1. The highest BCUT2D eigenvalue weighted by Gasteiger charge is 2.27. The van der Waals surface area contributed by atoms with E-state index in [1.807, 2.05) is 11.9 Å². The van der Waals surface area contributed by atoms with Crippen LogP contribution in [0.4, 0.5) is 0 Å². The van der Waals surface area contributed by atoms with Gasteiger partial charge < -0.3 is 4.90 Å². The molecule has 60 valence electrons. The van der Waals surface area contributed by atoms with Crippen molar-refractivity contribution in [2.75, 3.05) is 25.9 Å². The fourth-order valence-electron chi connectivity index (χ4n) is 1.23. The number of nitrogens with zero attached hydrogens (tertiary/aromatic N) is 1. The standard InChI is InChI=1S/C5H11NO3S/c1-6-2-5(3-6)4-10(7,8)9/h5H,2-4H2,1H3,(H,7,8,9). The molecule has 0 atom stereocenters. The van der Waals surface area contributed by atoms with Gasteiger partial charge in [-0.1, -0.05) is 0 Å². The lowest BCUT2D eigenvalue weighted by Gasteiger charge is -2.35. The summed E-state index contributed by atoms with van der Waals surface area (Å²) in [5.74, 6) is 0.0529. The summed E-state index contributed by atoms with van der Waals surface area (Å²) in [5, 5.41) is 0. The van der Waals surface area contributed by atoms with Gasteiger partial charge in [-0.3, -0.25) is 4.55 Å². The van der Waals surface area contributed by atoms with E-state index in [1.165, 1.54) is 0 Å². The van der Waals surface area contributed by atoms with Crippen LogP contribution in [-0.2, 0) is 10.1 Å². The largest absolute Gasteiger partial charge is 0.306 e. The molecule has 0 radical (unpaired) electrons. The first-order valence-corrected chi connectivity index (χ1v) is 4.72. The second-order valence-corrected chi connectivity index (χ2v) is 4.33. The third-order valence-electron chi connectivity index (χ3n) is 1.59. The summed E-state index contributed by atoms with van der Waals surface area (Å²) < 4.78 is 28.9. The van der Waals surface area contributed by atoms with Crippen LogP contribution in [0.25, 0.3) is 0 Å². The summed E-state index contributed by atoms with van der Waals surface area (Å²) >= 11 is 0. The highest BCUT2D eigenvalue weighted by molar-refractivity contribution is 7.85. The van der Waals surface area contributed by atoms with E-state index in [2.05, 4.69) is 0 Å². The molecule has 0 aromatic carbocycles. The normalized spacial score (nSPS) is 22.6. The summed E-state index contributed by atoms with van der Waals surface area (Å²) in [4.78, 5) is 2.01. The van der Waals surface area contributed by atoms with Gasteiger partial charge in [0.15, 0.2) is 0 Å². The molecule has 1 saturated heterocycles. The average Bonchev–Trinajstić information content (AvgIpc) is 1.57. The SMILES string of the molecule is CN1CC(CS(=O)(=O)O)C1. The maximum atomic E-state index is 10.3. The Labute approximate surface area is 60.6 Å². The molecule has 0 spiro atoms. The van der Waals surface area contributed by atoms with E-state index in [0.29, 0.717) is 0 Å². The van der Waals surface area contributed by atoms with Crippen LogP contribution >= 0.6 is 0 Å². The van der Waals surface area contributed by atoms with Crippen LogP contribution in [0.2, 0.25) is 0 Å².